The first-order valence-electron chi connectivity index (χ1n) is 24.1. The van der Waals surface area contributed by atoms with Crippen LogP contribution in [-0.4, -0.2) is 98.3 Å². The predicted molar refractivity (Wildman–Crippen MR) is 249 cm³/mol. The zero-order valence-electron chi connectivity index (χ0n) is 38.6. The van der Waals surface area contributed by atoms with Crippen LogP contribution in [0.3, 0.4) is 0 Å². The second-order valence-corrected chi connectivity index (χ2v) is 18.0. The molecule has 0 bridgehead atoms. The minimum absolute atomic E-state index is 0.0897. The zero-order valence-corrected chi connectivity index (χ0v) is 39.5. The second kappa shape index (κ2) is 38.8. The number of unbranched alkanes of at least 4 members (excludes halogenated alkanes) is 17. The average molecular weight is 913 g/mol. The molecule has 13 nitrogen and oxygen atoms in total. The molecule has 6 N–H and O–H groups in total. The summed E-state index contributed by atoms with van der Waals surface area (Å²) in [6, 6.07) is 0. The van der Waals surface area contributed by atoms with Crippen LogP contribution in [0.2, 0.25) is 0 Å². The first-order valence-corrected chi connectivity index (χ1v) is 25.6. The van der Waals surface area contributed by atoms with Crippen LogP contribution in [0.5, 0.6) is 0 Å². The number of carbonyl (C=O) groups is 2. The van der Waals surface area contributed by atoms with Crippen LogP contribution >= 0.6 is 7.82 Å². The molecule has 6 unspecified atom stereocenters. The molecule has 0 saturated heterocycles. The molecule has 364 valence electrons. The quantitative estimate of drug-likeness (QED) is 0.0147. The number of phosphoric ester groups is 1. The lowest BCUT2D eigenvalue weighted by molar-refractivity contribution is -0.220. The monoisotopic (exact) mass is 913 g/mol. The summed E-state index contributed by atoms with van der Waals surface area (Å²) < 4.78 is 33.5. The molecule has 0 amide bonds. The molecule has 1 aliphatic carbocycles. The Bertz CT molecular complexity index is 1330. The van der Waals surface area contributed by atoms with Gasteiger partial charge in [0.25, 0.3) is 0 Å². The zero-order chi connectivity index (χ0) is 46.4. The molecule has 8 atom stereocenters. The van der Waals surface area contributed by atoms with Gasteiger partial charge in [0.05, 0.1) is 6.61 Å². The first-order chi connectivity index (χ1) is 30.4. The smallest absolute Gasteiger partial charge is 0.462 e. The molecule has 1 saturated carbocycles. The maximum absolute atomic E-state index is 12.8. The summed E-state index contributed by atoms with van der Waals surface area (Å²) in [4.78, 5) is 35.7. The Morgan fingerprint density at radius 1 is 0.508 bits per heavy atom. The molecular formula is C49H85O13P. The van der Waals surface area contributed by atoms with Crippen LogP contribution in [0, 0.1) is 0 Å². The van der Waals surface area contributed by atoms with Crippen molar-refractivity contribution in [3.8, 4) is 0 Å². The van der Waals surface area contributed by atoms with Crippen molar-refractivity contribution in [1.29, 1.82) is 0 Å². The molecule has 1 fully saturated rings. The van der Waals surface area contributed by atoms with Crippen molar-refractivity contribution in [1.82, 2.24) is 0 Å². The third-order valence-electron chi connectivity index (χ3n) is 10.9. The van der Waals surface area contributed by atoms with Crippen molar-refractivity contribution in [2.75, 3.05) is 13.2 Å². The number of phosphoric acid groups is 1. The summed E-state index contributed by atoms with van der Waals surface area (Å²) in [6.45, 7) is 3.16. The van der Waals surface area contributed by atoms with Crippen molar-refractivity contribution in [3.63, 3.8) is 0 Å². The normalized spacial score (nSPS) is 22.2. The van der Waals surface area contributed by atoms with Gasteiger partial charge in [0.2, 0.25) is 0 Å². The van der Waals surface area contributed by atoms with Gasteiger partial charge in [-0.2, -0.15) is 0 Å². The predicted octanol–water partition coefficient (Wildman–Crippen LogP) is 9.73. The summed E-state index contributed by atoms with van der Waals surface area (Å²) >= 11 is 0. The number of aliphatic hydroxyl groups excluding tert-OH is 5. The van der Waals surface area contributed by atoms with Crippen LogP contribution in [-0.2, 0) is 32.7 Å². The van der Waals surface area contributed by atoms with E-state index in [1.807, 2.05) is 0 Å². The molecule has 1 aliphatic rings. The third kappa shape index (κ3) is 31.2. The highest BCUT2D eigenvalue weighted by atomic mass is 31.2. The van der Waals surface area contributed by atoms with Gasteiger partial charge in [-0.1, -0.05) is 171 Å². The van der Waals surface area contributed by atoms with Crippen LogP contribution in [0.1, 0.15) is 181 Å². The highest BCUT2D eigenvalue weighted by Gasteiger charge is 2.51. The van der Waals surface area contributed by atoms with Gasteiger partial charge in [0.1, 0.15) is 43.2 Å². The van der Waals surface area contributed by atoms with Gasteiger partial charge < -0.3 is 39.9 Å². The third-order valence-corrected chi connectivity index (χ3v) is 11.9. The van der Waals surface area contributed by atoms with E-state index in [1.54, 1.807) is 0 Å². The summed E-state index contributed by atoms with van der Waals surface area (Å²) in [5, 5.41) is 50.2. The van der Waals surface area contributed by atoms with E-state index in [9.17, 15) is 44.6 Å². The van der Waals surface area contributed by atoms with Gasteiger partial charge >= 0.3 is 19.8 Å². The maximum atomic E-state index is 12.8. The minimum atomic E-state index is -5.13. The number of carbonyl (C=O) groups excluding carboxylic acids is 2. The van der Waals surface area contributed by atoms with Gasteiger partial charge in [-0.3, -0.25) is 18.6 Å². The van der Waals surface area contributed by atoms with E-state index in [2.05, 4.69) is 74.6 Å². The van der Waals surface area contributed by atoms with Crippen LogP contribution in [0.15, 0.2) is 60.8 Å². The van der Waals surface area contributed by atoms with E-state index in [0.29, 0.717) is 12.8 Å². The fraction of sp³-hybridized carbons (Fsp3) is 0.755. The Labute approximate surface area is 379 Å². The highest BCUT2D eigenvalue weighted by Crippen LogP contribution is 2.47. The molecule has 1 rings (SSSR count). The van der Waals surface area contributed by atoms with E-state index >= 15 is 0 Å². The molecule has 0 heterocycles. The average Bonchev–Trinajstić information content (AvgIpc) is 3.26. The number of hydrogen-bond acceptors (Lipinski definition) is 12. The number of ether oxygens (including phenoxy) is 2. The van der Waals surface area contributed by atoms with Crippen LogP contribution in [0.25, 0.3) is 0 Å². The molecule has 0 radical (unpaired) electrons. The van der Waals surface area contributed by atoms with Crippen molar-refractivity contribution < 1.29 is 63.1 Å². The van der Waals surface area contributed by atoms with E-state index in [4.69, 9.17) is 18.5 Å². The lowest BCUT2D eigenvalue weighted by Gasteiger charge is -2.41. The minimum Gasteiger partial charge on any atom is -0.462 e. The van der Waals surface area contributed by atoms with Gasteiger partial charge in [-0.05, 0) is 57.8 Å². The molecule has 63 heavy (non-hydrogen) atoms. The molecule has 0 aliphatic heterocycles. The van der Waals surface area contributed by atoms with Gasteiger partial charge in [-0.25, -0.2) is 4.57 Å². The standard InChI is InChI=1S/C49H85O13P/c1-3-5-7-9-11-13-15-17-19-20-21-22-24-25-27-29-31-33-35-37-42(50)59-39-41(40-60-63(57,58)62-49-47(55)45(53)44(52)46(54)48(49)56)61-43(51)38-36-34-32-30-28-26-23-18-16-14-12-10-8-6-4-2/h5,7,11,13,17,19,21-22,25,27,41,44-49,52-56H,3-4,6,8-10,12,14-16,18,20,23-24,26,28-40H2,1-2H3,(H,57,58)/b7-5-,13-11-,19-17-,22-21-,27-25-/t41-,44?,45-,46?,47?,48?,49?/m1/s1. The summed E-state index contributed by atoms with van der Waals surface area (Å²) in [6.07, 6.45) is 34.1. The Kier molecular flexibility index (Phi) is 36.1. The Morgan fingerprint density at radius 2 is 0.905 bits per heavy atom. The van der Waals surface area contributed by atoms with Gasteiger partial charge in [-0.15, -0.1) is 0 Å². The Hall–Kier alpha value is -2.45. The molecule has 0 aromatic heterocycles. The summed E-state index contributed by atoms with van der Waals surface area (Å²) in [7, 11) is -5.13. The van der Waals surface area contributed by atoms with Crippen molar-refractivity contribution in [2.45, 2.75) is 224 Å². The van der Waals surface area contributed by atoms with Crippen molar-refractivity contribution in [3.05, 3.63) is 60.8 Å². The lowest BCUT2D eigenvalue weighted by atomic mass is 9.85. The second-order valence-electron chi connectivity index (χ2n) is 16.6. The topological polar surface area (TPSA) is 210 Å². The number of rotatable bonds is 39. The highest BCUT2D eigenvalue weighted by molar-refractivity contribution is 7.47. The van der Waals surface area contributed by atoms with Crippen molar-refractivity contribution in [2.24, 2.45) is 0 Å². The van der Waals surface area contributed by atoms with Crippen molar-refractivity contribution >= 4 is 19.8 Å². The number of hydrogen-bond donors (Lipinski definition) is 6. The number of allylic oxidation sites excluding steroid dienone is 10. The first kappa shape index (κ1) is 58.6. The van der Waals surface area contributed by atoms with Gasteiger partial charge in [0, 0.05) is 12.8 Å². The summed E-state index contributed by atoms with van der Waals surface area (Å²) in [5.74, 6) is -1.14. The van der Waals surface area contributed by atoms with E-state index in [0.717, 1.165) is 77.0 Å². The SMILES string of the molecule is CC/C=C\C/C=C\C/C=C\C/C=C\C/C=C\CCCCCC(=O)OC[C@H](COP(=O)(O)OC1C(O)C(O)C(O)[C@@H](O)C1O)OC(=O)CCCCCCCCCCCCCCCCC. The van der Waals surface area contributed by atoms with E-state index in [-0.39, 0.29) is 12.8 Å². The Morgan fingerprint density at radius 3 is 1.38 bits per heavy atom. The summed E-state index contributed by atoms with van der Waals surface area (Å²) in [5.41, 5.74) is 0. The van der Waals surface area contributed by atoms with E-state index in [1.165, 1.54) is 64.2 Å². The van der Waals surface area contributed by atoms with Crippen LogP contribution < -0.4 is 0 Å². The molecule has 0 spiro atoms. The largest absolute Gasteiger partial charge is 0.472 e. The fourth-order valence-electron chi connectivity index (χ4n) is 7.02. The maximum Gasteiger partial charge on any atom is 0.472 e. The fourth-order valence-corrected chi connectivity index (χ4v) is 7.99. The van der Waals surface area contributed by atoms with Crippen LogP contribution in [0.4, 0.5) is 0 Å². The molecular weight excluding hydrogens is 827 g/mol. The molecule has 0 aromatic carbocycles. The Balaban J connectivity index is 2.46. The lowest BCUT2D eigenvalue weighted by Crippen LogP contribution is -2.64. The number of aliphatic hydroxyl groups is 5. The number of esters is 2. The van der Waals surface area contributed by atoms with E-state index < -0.39 is 75.7 Å². The molecule has 14 heteroatoms. The van der Waals surface area contributed by atoms with Gasteiger partial charge in [0.15, 0.2) is 6.10 Å². The molecule has 0 aromatic rings.